The van der Waals surface area contributed by atoms with Crippen LogP contribution in [0.3, 0.4) is 0 Å². The summed E-state index contributed by atoms with van der Waals surface area (Å²) in [4.78, 5) is 23.6. The second kappa shape index (κ2) is 6.15. The zero-order valence-electron chi connectivity index (χ0n) is 11.6. The average molecular weight is 298 g/mol. The maximum Gasteiger partial charge on any atom is 0.308 e. The van der Waals surface area contributed by atoms with Gasteiger partial charge in [0.05, 0.1) is 16.6 Å². The topological polar surface area (TPSA) is 63.5 Å². The van der Waals surface area contributed by atoms with Crippen LogP contribution in [0.2, 0.25) is 0 Å². The first kappa shape index (κ1) is 15.3. The Morgan fingerprint density at radius 2 is 2.10 bits per heavy atom. The van der Waals surface area contributed by atoms with Gasteiger partial charge in [0.25, 0.3) is 5.91 Å². The summed E-state index contributed by atoms with van der Waals surface area (Å²) < 4.78 is 27.5. The molecule has 0 aliphatic heterocycles. The number of unbranched alkanes of at least 4 members (excludes halogenated alkanes) is 1. The third kappa shape index (κ3) is 3.34. The smallest absolute Gasteiger partial charge is 0.308 e. The molecule has 0 saturated heterocycles. The van der Waals surface area contributed by atoms with Crippen molar-refractivity contribution in [1.82, 2.24) is 4.90 Å². The molecule has 1 aliphatic carbocycles. The van der Waals surface area contributed by atoms with Gasteiger partial charge in [-0.05, 0) is 25.3 Å². The fourth-order valence-electron chi connectivity index (χ4n) is 2.18. The Morgan fingerprint density at radius 3 is 2.62 bits per heavy atom. The number of rotatable bonds is 6. The molecule has 0 aromatic heterocycles. The van der Waals surface area contributed by atoms with Gasteiger partial charge in [0, 0.05) is 12.6 Å². The number of hydrogen-bond donors (Lipinski definition) is 0. The van der Waals surface area contributed by atoms with E-state index in [1.807, 2.05) is 6.92 Å². The molecule has 1 saturated carbocycles. The minimum Gasteiger partial charge on any atom is -0.336 e. The van der Waals surface area contributed by atoms with Gasteiger partial charge in [0.1, 0.15) is 5.82 Å². The third-order valence-electron chi connectivity index (χ3n) is 3.45. The molecule has 0 spiro atoms. The first-order valence-electron chi connectivity index (χ1n) is 6.90. The number of nitro groups is 1. The molecule has 0 atom stereocenters. The molecule has 0 N–H and O–H groups in total. The van der Waals surface area contributed by atoms with Crippen LogP contribution in [0.4, 0.5) is 14.5 Å². The van der Waals surface area contributed by atoms with Crippen molar-refractivity contribution in [3.05, 3.63) is 39.4 Å². The predicted molar refractivity (Wildman–Crippen MR) is 72.0 cm³/mol. The van der Waals surface area contributed by atoms with Crippen molar-refractivity contribution >= 4 is 11.6 Å². The Balaban J connectivity index is 2.35. The van der Waals surface area contributed by atoms with Crippen LogP contribution < -0.4 is 0 Å². The van der Waals surface area contributed by atoms with Crippen LogP contribution >= 0.6 is 0 Å². The van der Waals surface area contributed by atoms with E-state index in [9.17, 15) is 23.7 Å². The van der Waals surface area contributed by atoms with E-state index in [0.717, 1.165) is 31.7 Å². The van der Waals surface area contributed by atoms with Gasteiger partial charge in [0.2, 0.25) is 5.82 Å². The second-order valence-corrected chi connectivity index (χ2v) is 5.13. The first-order chi connectivity index (χ1) is 9.95. The van der Waals surface area contributed by atoms with Gasteiger partial charge in [-0.25, -0.2) is 4.39 Å². The van der Waals surface area contributed by atoms with Crippen LogP contribution in [0.1, 0.15) is 43.0 Å². The lowest BCUT2D eigenvalue weighted by atomic mass is 10.1. The van der Waals surface area contributed by atoms with Crippen LogP contribution in [0, 0.1) is 21.7 Å². The number of benzene rings is 1. The first-order valence-corrected chi connectivity index (χ1v) is 6.90. The Hall–Kier alpha value is -2.05. The fourth-order valence-corrected chi connectivity index (χ4v) is 2.18. The minimum absolute atomic E-state index is 0.0331. The monoisotopic (exact) mass is 298 g/mol. The SMILES string of the molecule is CCCCN(C(=O)c1cc(F)cc([N+](=O)[O-])c1F)C1CC1. The number of nitrogens with zero attached hydrogens (tertiary/aromatic N) is 2. The van der Waals surface area contributed by atoms with E-state index in [2.05, 4.69) is 0 Å². The summed E-state index contributed by atoms with van der Waals surface area (Å²) >= 11 is 0. The summed E-state index contributed by atoms with van der Waals surface area (Å²) in [5.41, 5.74) is -1.57. The van der Waals surface area contributed by atoms with Crippen molar-refractivity contribution in [2.45, 2.75) is 38.6 Å². The largest absolute Gasteiger partial charge is 0.336 e. The second-order valence-electron chi connectivity index (χ2n) is 5.13. The van der Waals surface area contributed by atoms with Crippen molar-refractivity contribution < 1.29 is 18.5 Å². The van der Waals surface area contributed by atoms with E-state index in [-0.39, 0.29) is 6.04 Å². The number of amides is 1. The molecule has 114 valence electrons. The van der Waals surface area contributed by atoms with Crippen LogP contribution in [-0.2, 0) is 0 Å². The summed E-state index contributed by atoms with van der Waals surface area (Å²) in [7, 11) is 0. The van der Waals surface area contributed by atoms with Crippen LogP contribution in [-0.4, -0.2) is 28.3 Å². The van der Waals surface area contributed by atoms with E-state index in [1.165, 1.54) is 4.90 Å². The van der Waals surface area contributed by atoms with Crippen molar-refractivity contribution in [3.63, 3.8) is 0 Å². The van der Waals surface area contributed by atoms with Crippen molar-refractivity contribution in [2.24, 2.45) is 0 Å². The lowest BCUT2D eigenvalue weighted by Crippen LogP contribution is -2.34. The van der Waals surface area contributed by atoms with Gasteiger partial charge >= 0.3 is 5.69 Å². The normalized spacial score (nSPS) is 14.0. The standard InChI is InChI=1S/C14H16F2N2O3/c1-2-3-6-17(10-4-5-10)14(19)11-7-9(15)8-12(13(11)16)18(20)21/h7-8,10H,2-6H2,1H3. The molecule has 1 aromatic carbocycles. The van der Waals surface area contributed by atoms with E-state index < -0.39 is 33.7 Å². The quantitative estimate of drug-likeness (QED) is 0.598. The highest BCUT2D eigenvalue weighted by Gasteiger charge is 2.35. The highest BCUT2D eigenvalue weighted by molar-refractivity contribution is 5.95. The van der Waals surface area contributed by atoms with Crippen molar-refractivity contribution in [3.8, 4) is 0 Å². The average Bonchev–Trinajstić information content (AvgIpc) is 3.25. The van der Waals surface area contributed by atoms with Gasteiger partial charge in [-0.1, -0.05) is 13.3 Å². The van der Waals surface area contributed by atoms with Gasteiger partial charge in [0.15, 0.2) is 0 Å². The molecule has 21 heavy (non-hydrogen) atoms. The molecule has 1 amide bonds. The number of hydrogen-bond acceptors (Lipinski definition) is 3. The van der Waals surface area contributed by atoms with Gasteiger partial charge < -0.3 is 4.90 Å². The molecule has 7 heteroatoms. The van der Waals surface area contributed by atoms with Gasteiger partial charge in [-0.2, -0.15) is 4.39 Å². The highest BCUT2D eigenvalue weighted by atomic mass is 19.1. The number of carbonyl (C=O) groups is 1. The van der Waals surface area contributed by atoms with E-state index >= 15 is 0 Å². The van der Waals surface area contributed by atoms with Gasteiger partial charge in [-0.3, -0.25) is 14.9 Å². The molecule has 0 bridgehead atoms. The summed E-state index contributed by atoms with van der Waals surface area (Å²) in [6, 6.07) is 1.25. The highest BCUT2D eigenvalue weighted by Crippen LogP contribution is 2.30. The maximum atomic E-state index is 14.1. The lowest BCUT2D eigenvalue weighted by Gasteiger charge is -2.22. The van der Waals surface area contributed by atoms with Crippen LogP contribution in [0.5, 0.6) is 0 Å². The molecular weight excluding hydrogens is 282 g/mol. The summed E-state index contributed by atoms with van der Waals surface area (Å²) in [6.07, 6.45) is 3.27. The zero-order chi connectivity index (χ0) is 15.6. The van der Waals surface area contributed by atoms with Crippen LogP contribution in [0.25, 0.3) is 0 Å². The lowest BCUT2D eigenvalue weighted by molar-refractivity contribution is -0.387. The Kier molecular flexibility index (Phi) is 4.50. The molecular formula is C14H16F2N2O3. The molecule has 5 nitrogen and oxygen atoms in total. The zero-order valence-corrected chi connectivity index (χ0v) is 11.6. The third-order valence-corrected chi connectivity index (χ3v) is 3.45. The summed E-state index contributed by atoms with van der Waals surface area (Å²) in [5, 5.41) is 10.7. The molecule has 1 aromatic rings. The number of carbonyl (C=O) groups excluding carboxylic acids is 1. The molecule has 0 unspecified atom stereocenters. The number of nitro benzene ring substituents is 1. The predicted octanol–water partition coefficient (Wildman–Crippen LogP) is 3.28. The molecule has 0 heterocycles. The van der Waals surface area contributed by atoms with Crippen molar-refractivity contribution in [1.29, 1.82) is 0 Å². The Morgan fingerprint density at radius 1 is 1.43 bits per heavy atom. The van der Waals surface area contributed by atoms with E-state index in [4.69, 9.17) is 0 Å². The van der Waals surface area contributed by atoms with E-state index in [1.54, 1.807) is 0 Å². The summed E-state index contributed by atoms with van der Waals surface area (Å²) in [5.74, 6) is -2.93. The maximum absolute atomic E-state index is 14.1. The van der Waals surface area contributed by atoms with Crippen molar-refractivity contribution in [2.75, 3.05) is 6.54 Å². The van der Waals surface area contributed by atoms with Gasteiger partial charge in [-0.15, -0.1) is 0 Å². The van der Waals surface area contributed by atoms with Crippen LogP contribution in [0.15, 0.2) is 12.1 Å². The molecule has 1 aliphatic rings. The summed E-state index contributed by atoms with van der Waals surface area (Å²) in [6.45, 7) is 2.41. The minimum atomic E-state index is -1.27. The Bertz CT molecular complexity index is 574. The molecule has 1 fully saturated rings. The number of halogens is 2. The molecule has 0 radical (unpaired) electrons. The Labute approximate surface area is 120 Å². The fraction of sp³-hybridized carbons (Fsp3) is 0.500. The van der Waals surface area contributed by atoms with E-state index in [0.29, 0.717) is 12.6 Å². The molecule has 2 rings (SSSR count).